The smallest absolute Gasteiger partial charge is 0.270 e. The monoisotopic (exact) mass is 401 g/mol. The molecule has 0 saturated heterocycles. The first-order valence-electron chi connectivity index (χ1n) is 9.37. The summed E-state index contributed by atoms with van der Waals surface area (Å²) >= 11 is 0. The molecule has 1 aromatic heterocycles. The van der Waals surface area contributed by atoms with Gasteiger partial charge in [-0.3, -0.25) is 14.9 Å². The summed E-state index contributed by atoms with van der Waals surface area (Å²) in [6.07, 6.45) is 1.50. The second-order valence-corrected chi connectivity index (χ2v) is 6.99. The summed E-state index contributed by atoms with van der Waals surface area (Å²) in [5.74, 6) is 0.876. The average molecular weight is 401 g/mol. The highest BCUT2D eigenvalue weighted by Gasteiger charge is 2.36. The van der Waals surface area contributed by atoms with Crippen molar-refractivity contribution >= 4 is 17.7 Å². The number of nitro groups is 1. The molecule has 0 N–H and O–H groups in total. The van der Waals surface area contributed by atoms with E-state index in [9.17, 15) is 14.9 Å². The van der Waals surface area contributed by atoms with Gasteiger partial charge < -0.3 is 9.32 Å². The Hall–Kier alpha value is -4.00. The maximum Gasteiger partial charge on any atom is 0.270 e. The molecule has 0 saturated carbocycles. The van der Waals surface area contributed by atoms with Crippen LogP contribution in [0.5, 0.6) is 0 Å². The Kier molecular flexibility index (Phi) is 5.02. The van der Waals surface area contributed by atoms with Crippen molar-refractivity contribution in [1.29, 1.82) is 0 Å². The Balaban J connectivity index is 1.57. The standard InChI is InChI=1S/C23H19N3O4/c1-15-21(23(27)22(25(15)2)16-7-4-3-5-8-16)24-14-19-11-12-20(30-19)17-9-6-10-18(13-17)26(28)29/h3-14,22H,1-2H3. The van der Waals surface area contributed by atoms with Crippen LogP contribution >= 0.6 is 0 Å². The molecule has 0 radical (unpaired) electrons. The SMILES string of the molecule is CC1=C(N=Cc2ccc(-c3cccc([N+](=O)[O-])c3)o2)C(=O)C(c2ccccc2)N1C. The Morgan fingerprint density at radius 1 is 1.10 bits per heavy atom. The highest BCUT2D eigenvalue weighted by atomic mass is 16.6. The summed E-state index contributed by atoms with van der Waals surface area (Å²) in [6.45, 7) is 1.87. The van der Waals surface area contributed by atoms with Crippen molar-refractivity contribution < 1.29 is 14.1 Å². The number of carbonyl (C=O) groups is 1. The minimum Gasteiger partial charge on any atom is -0.455 e. The number of aliphatic imine (C=N–C) groups is 1. The topological polar surface area (TPSA) is 89.0 Å². The van der Waals surface area contributed by atoms with Gasteiger partial charge in [-0.25, -0.2) is 4.99 Å². The van der Waals surface area contributed by atoms with Gasteiger partial charge in [-0.2, -0.15) is 0 Å². The second-order valence-electron chi connectivity index (χ2n) is 6.99. The minimum atomic E-state index is -0.449. The molecular formula is C23H19N3O4. The fourth-order valence-corrected chi connectivity index (χ4v) is 3.49. The number of carbonyl (C=O) groups excluding carboxylic acids is 1. The Bertz CT molecular complexity index is 1180. The van der Waals surface area contributed by atoms with Crippen LogP contribution in [0.3, 0.4) is 0 Å². The van der Waals surface area contributed by atoms with Crippen molar-refractivity contribution in [2.45, 2.75) is 13.0 Å². The Morgan fingerprint density at radius 2 is 1.87 bits per heavy atom. The molecule has 1 aliphatic heterocycles. The second kappa shape index (κ2) is 7.79. The lowest BCUT2D eigenvalue weighted by Crippen LogP contribution is -2.22. The molecule has 150 valence electrons. The van der Waals surface area contributed by atoms with Crippen LogP contribution < -0.4 is 0 Å². The lowest BCUT2D eigenvalue weighted by Gasteiger charge is -2.22. The molecule has 30 heavy (non-hydrogen) atoms. The van der Waals surface area contributed by atoms with Crippen LogP contribution in [0.2, 0.25) is 0 Å². The number of nitro benzene ring substituents is 1. The van der Waals surface area contributed by atoms with Crippen LogP contribution in [0.15, 0.2) is 87.5 Å². The van der Waals surface area contributed by atoms with Gasteiger partial charge in [0.1, 0.15) is 23.3 Å². The largest absolute Gasteiger partial charge is 0.455 e. The van der Waals surface area contributed by atoms with E-state index in [1.807, 2.05) is 49.2 Å². The zero-order valence-corrected chi connectivity index (χ0v) is 16.5. The third-order valence-corrected chi connectivity index (χ3v) is 5.15. The van der Waals surface area contributed by atoms with Gasteiger partial charge in [0.25, 0.3) is 5.69 Å². The van der Waals surface area contributed by atoms with Crippen molar-refractivity contribution in [3.8, 4) is 11.3 Å². The molecule has 3 aromatic rings. The van der Waals surface area contributed by atoms with E-state index in [0.29, 0.717) is 22.8 Å². The fraction of sp³-hybridized carbons (Fsp3) is 0.130. The third-order valence-electron chi connectivity index (χ3n) is 5.15. The summed E-state index contributed by atoms with van der Waals surface area (Å²) in [5, 5.41) is 11.0. The highest BCUT2D eigenvalue weighted by Crippen LogP contribution is 2.35. The maximum absolute atomic E-state index is 13.0. The van der Waals surface area contributed by atoms with Gasteiger partial charge in [-0.15, -0.1) is 0 Å². The first-order valence-corrected chi connectivity index (χ1v) is 9.37. The minimum absolute atomic E-state index is 0.00793. The van der Waals surface area contributed by atoms with Crippen molar-refractivity contribution in [3.05, 3.63) is 99.6 Å². The molecule has 4 rings (SSSR count). The van der Waals surface area contributed by atoms with E-state index in [0.717, 1.165) is 11.3 Å². The van der Waals surface area contributed by atoms with E-state index in [-0.39, 0.29) is 11.5 Å². The van der Waals surface area contributed by atoms with E-state index in [2.05, 4.69) is 4.99 Å². The van der Waals surface area contributed by atoms with Crippen LogP contribution in [0, 0.1) is 10.1 Å². The number of non-ortho nitro benzene ring substituents is 1. The molecule has 7 heteroatoms. The number of likely N-dealkylation sites (N-methyl/N-ethyl adjacent to an activating group) is 1. The number of benzene rings is 2. The van der Waals surface area contributed by atoms with Crippen LogP contribution in [0.25, 0.3) is 11.3 Å². The van der Waals surface area contributed by atoms with Gasteiger partial charge in [-0.05, 0) is 24.6 Å². The molecule has 0 bridgehead atoms. The van der Waals surface area contributed by atoms with Gasteiger partial charge >= 0.3 is 0 Å². The molecule has 1 aliphatic rings. The predicted octanol–water partition coefficient (Wildman–Crippen LogP) is 4.76. The molecule has 0 amide bonds. The number of hydrogen-bond acceptors (Lipinski definition) is 6. The molecule has 1 unspecified atom stereocenters. The number of hydrogen-bond donors (Lipinski definition) is 0. The molecule has 7 nitrogen and oxygen atoms in total. The lowest BCUT2D eigenvalue weighted by molar-refractivity contribution is -0.384. The predicted molar refractivity (Wildman–Crippen MR) is 113 cm³/mol. The van der Waals surface area contributed by atoms with E-state index < -0.39 is 11.0 Å². The summed E-state index contributed by atoms with van der Waals surface area (Å²) in [5.41, 5.74) is 2.68. The zero-order chi connectivity index (χ0) is 21.3. The van der Waals surface area contributed by atoms with Crippen molar-refractivity contribution in [3.63, 3.8) is 0 Å². The summed E-state index contributed by atoms with van der Waals surface area (Å²) in [6, 6.07) is 18.8. The number of ketones is 1. The van der Waals surface area contributed by atoms with Gasteiger partial charge in [-0.1, -0.05) is 42.5 Å². The van der Waals surface area contributed by atoms with Crippen molar-refractivity contribution in [2.24, 2.45) is 4.99 Å². The van der Waals surface area contributed by atoms with Gasteiger partial charge in [0.05, 0.1) is 11.1 Å². The van der Waals surface area contributed by atoms with Gasteiger partial charge in [0.15, 0.2) is 0 Å². The quantitative estimate of drug-likeness (QED) is 0.349. The highest BCUT2D eigenvalue weighted by molar-refractivity contribution is 6.04. The average Bonchev–Trinajstić information content (AvgIpc) is 3.31. The van der Waals surface area contributed by atoms with Crippen LogP contribution in [-0.2, 0) is 4.79 Å². The number of rotatable bonds is 5. The maximum atomic E-state index is 13.0. The van der Waals surface area contributed by atoms with Crippen LogP contribution in [0.1, 0.15) is 24.3 Å². The van der Waals surface area contributed by atoms with Crippen LogP contribution in [-0.4, -0.2) is 28.9 Å². The fourth-order valence-electron chi connectivity index (χ4n) is 3.49. The number of furan rings is 1. The third kappa shape index (κ3) is 3.53. The van der Waals surface area contributed by atoms with E-state index >= 15 is 0 Å². The molecule has 0 aliphatic carbocycles. The summed E-state index contributed by atoms with van der Waals surface area (Å²) in [4.78, 5) is 29.8. The Morgan fingerprint density at radius 3 is 2.60 bits per heavy atom. The summed E-state index contributed by atoms with van der Waals surface area (Å²) in [7, 11) is 1.88. The zero-order valence-electron chi connectivity index (χ0n) is 16.5. The molecule has 2 heterocycles. The molecule has 2 aromatic carbocycles. The van der Waals surface area contributed by atoms with E-state index in [1.165, 1.54) is 18.3 Å². The van der Waals surface area contributed by atoms with E-state index in [1.54, 1.807) is 24.3 Å². The van der Waals surface area contributed by atoms with Gasteiger partial charge in [0.2, 0.25) is 5.78 Å². The van der Waals surface area contributed by atoms with Crippen molar-refractivity contribution in [1.82, 2.24) is 4.90 Å². The van der Waals surface area contributed by atoms with Gasteiger partial charge in [0, 0.05) is 30.4 Å². The normalized spacial score (nSPS) is 16.7. The first-order chi connectivity index (χ1) is 14.5. The van der Waals surface area contributed by atoms with E-state index in [4.69, 9.17) is 4.42 Å². The first kappa shape index (κ1) is 19.3. The van der Waals surface area contributed by atoms with Crippen molar-refractivity contribution in [2.75, 3.05) is 7.05 Å². The molecular weight excluding hydrogens is 382 g/mol. The van der Waals surface area contributed by atoms with Crippen LogP contribution in [0.4, 0.5) is 5.69 Å². The lowest BCUT2D eigenvalue weighted by atomic mass is 10.0. The molecule has 0 fully saturated rings. The number of Topliss-reactive ketones (excluding diaryl/α,β-unsaturated/α-hetero) is 1. The number of nitrogens with zero attached hydrogens (tertiary/aromatic N) is 3. The Labute approximate surface area is 173 Å². The number of allylic oxidation sites excluding steroid dienone is 1. The molecule has 1 atom stereocenters. The summed E-state index contributed by atoms with van der Waals surface area (Å²) < 4.78 is 5.75. The molecule has 0 spiro atoms.